The molecule has 0 bridgehead atoms. The third kappa shape index (κ3) is 7.41. The number of amides is 3. The lowest BCUT2D eigenvalue weighted by Gasteiger charge is -2.28. The number of carbonyl (C=O) groups is 3. The van der Waals surface area contributed by atoms with Gasteiger partial charge in [0.05, 0.1) is 6.07 Å². The number of hydrogen-bond acceptors (Lipinski definition) is 5. The fraction of sp³-hybridized carbons (Fsp3) is 0.655. The fourth-order valence-corrected chi connectivity index (χ4v) is 5.95. The Balaban J connectivity index is 1.36. The van der Waals surface area contributed by atoms with Crippen molar-refractivity contribution in [1.82, 2.24) is 16.0 Å². The zero-order chi connectivity index (χ0) is 27.3. The Morgan fingerprint density at radius 2 is 1.95 bits per heavy atom. The van der Waals surface area contributed by atoms with E-state index < -0.39 is 29.5 Å². The summed E-state index contributed by atoms with van der Waals surface area (Å²) in [5.74, 6) is -0.419. The zero-order valence-electron chi connectivity index (χ0n) is 22.4. The van der Waals surface area contributed by atoms with Crippen LogP contribution < -0.4 is 16.0 Å². The van der Waals surface area contributed by atoms with Crippen molar-refractivity contribution in [2.75, 3.05) is 6.61 Å². The van der Waals surface area contributed by atoms with Gasteiger partial charge in [0.1, 0.15) is 18.7 Å². The largest absolute Gasteiger partial charge is 0.449 e. The van der Waals surface area contributed by atoms with E-state index in [9.17, 15) is 19.6 Å². The number of nitriles is 1. The minimum atomic E-state index is -0.817. The van der Waals surface area contributed by atoms with Gasteiger partial charge in [-0.25, -0.2) is 4.79 Å². The van der Waals surface area contributed by atoms with Crippen LogP contribution in [-0.4, -0.2) is 42.1 Å². The molecule has 38 heavy (non-hydrogen) atoms. The molecule has 2 aliphatic carbocycles. The van der Waals surface area contributed by atoms with Crippen molar-refractivity contribution in [2.45, 2.75) is 101 Å². The average Bonchev–Trinajstić information content (AvgIpc) is 3.57. The van der Waals surface area contributed by atoms with Gasteiger partial charge in [-0.3, -0.25) is 9.59 Å². The van der Waals surface area contributed by atoms with E-state index >= 15 is 0 Å². The molecule has 4 rings (SSSR count). The Labute approximate surface area is 230 Å². The van der Waals surface area contributed by atoms with Crippen LogP contribution in [0.2, 0.25) is 5.02 Å². The molecule has 1 unspecified atom stereocenters. The van der Waals surface area contributed by atoms with Crippen molar-refractivity contribution in [3.8, 4) is 6.07 Å². The normalized spacial score (nSPS) is 22.2. The maximum absolute atomic E-state index is 13.3. The van der Waals surface area contributed by atoms with Crippen LogP contribution in [0.15, 0.2) is 24.3 Å². The van der Waals surface area contributed by atoms with Gasteiger partial charge in [0.2, 0.25) is 11.8 Å². The van der Waals surface area contributed by atoms with Crippen molar-refractivity contribution in [1.29, 1.82) is 5.26 Å². The summed E-state index contributed by atoms with van der Waals surface area (Å²) < 4.78 is 5.56. The summed E-state index contributed by atoms with van der Waals surface area (Å²) in [4.78, 5) is 38.5. The van der Waals surface area contributed by atoms with E-state index in [1.54, 1.807) is 6.07 Å². The smallest absolute Gasteiger partial charge is 0.407 e. The van der Waals surface area contributed by atoms with Crippen molar-refractivity contribution in [3.63, 3.8) is 0 Å². The first-order valence-electron chi connectivity index (χ1n) is 13.8. The molecule has 3 aliphatic rings. The summed E-state index contributed by atoms with van der Waals surface area (Å²) in [7, 11) is 0. The molecule has 3 atom stereocenters. The highest BCUT2D eigenvalue weighted by molar-refractivity contribution is 6.30. The number of nitrogens with zero attached hydrogens (tertiary/aromatic N) is 1. The maximum atomic E-state index is 13.3. The van der Waals surface area contributed by atoms with E-state index in [-0.39, 0.29) is 30.4 Å². The molecular formula is C29H39ClN4O4. The minimum Gasteiger partial charge on any atom is -0.449 e. The number of benzene rings is 1. The molecule has 1 aromatic rings. The van der Waals surface area contributed by atoms with Gasteiger partial charge in [-0.1, -0.05) is 69.7 Å². The third-order valence-corrected chi connectivity index (χ3v) is 8.55. The standard InChI is InChI=1S/C29H39ClN4O4/c1-28(2,21-9-6-10-22(30)15-21)18-38-27(37)33-24(13-19-7-4-3-5-8-19)26(36)32-23(17-31)14-20-16-29(11-12-29)34-25(20)35/h6,9-10,15,19-20,23-24H,3-5,7-8,11-14,16,18H2,1-2H3,(H,32,36)(H,33,37)(H,34,35)/t20?,23-,24-/m0/s1. The Hall–Kier alpha value is -2.79. The van der Waals surface area contributed by atoms with Gasteiger partial charge in [-0.15, -0.1) is 0 Å². The van der Waals surface area contributed by atoms with E-state index in [0.29, 0.717) is 23.8 Å². The number of rotatable bonds is 10. The van der Waals surface area contributed by atoms with Crippen molar-refractivity contribution in [2.24, 2.45) is 11.8 Å². The molecule has 3 N–H and O–H groups in total. The van der Waals surface area contributed by atoms with Gasteiger partial charge in [0.15, 0.2) is 0 Å². The monoisotopic (exact) mass is 542 g/mol. The molecule has 3 fully saturated rings. The van der Waals surface area contributed by atoms with Gasteiger partial charge in [0.25, 0.3) is 0 Å². The molecule has 1 saturated heterocycles. The van der Waals surface area contributed by atoms with Gasteiger partial charge in [-0.2, -0.15) is 5.26 Å². The molecule has 1 aromatic carbocycles. The number of ether oxygens (including phenoxy) is 1. The first kappa shape index (κ1) is 28.2. The highest BCUT2D eigenvalue weighted by atomic mass is 35.5. The van der Waals surface area contributed by atoms with E-state index in [4.69, 9.17) is 16.3 Å². The minimum absolute atomic E-state index is 0.0419. The van der Waals surface area contributed by atoms with Crippen molar-refractivity contribution < 1.29 is 19.1 Å². The summed E-state index contributed by atoms with van der Waals surface area (Å²) in [6, 6.07) is 7.95. The summed E-state index contributed by atoms with van der Waals surface area (Å²) >= 11 is 6.13. The molecule has 206 valence electrons. The number of nitrogens with one attached hydrogen (secondary N) is 3. The molecule has 1 spiro atoms. The molecular weight excluding hydrogens is 504 g/mol. The Morgan fingerprint density at radius 1 is 1.21 bits per heavy atom. The molecule has 8 nitrogen and oxygen atoms in total. The van der Waals surface area contributed by atoms with Gasteiger partial charge >= 0.3 is 6.09 Å². The second-order valence-electron chi connectivity index (χ2n) is 12.0. The van der Waals surface area contributed by atoms with E-state index in [0.717, 1.165) is 44.1 Å². The molecule has 1 aliphatic heterocycles. The van der Waals surface area contributed by atoms with Gasteiger partial charge in [0, 0.05) is 21.9 Å². The number of halogens is 1. The van der Waals surface area contributed by atoms with Crippen LogP contribution in [0.5, 0.6) is 0 Å². The quantitative estimate of drug-likeness (QED) is 0.394. The van der Waals surface area contributed by atoms with Crippen LogP contribution in [0.3, 0.4) is 0 Å². The fourth-order valence-electron chi connectivity index (χ4n) is 5.76. The number of alkyl carbamates (subject to hydrolysis) is 1. The van der Waals surface area contributed by atoms with Crippen LogP contribution in [-0.2, 0) is 19.7 Å². The maximum Gasteiger partial charge on any atom is 0.407 e. The summed E-state index contributed by atoms with van der Waals surface area (Å²) in [5, 5.41) is 18.9. The second kappa shape index (κ2) is 11.9. The number of hydrogen-bond donors (Lipinski definition) is 3. The second-order valence-corrected chi connectivity index (χ2v) is 12.4. The van der Waals surface area contributed by atoms with Crippen molar-refractivity contribution >= 4 is 29.5 Å². The Bertz CT molecular complexity index is 1070. The third-order valence-electron chi connectivity index (χ3n) is 8.31. The SMILES string of the molecule is CC(C)(COC(=O)N[C@@H](CC1CCCCC1)C(=O)N[C@H](C#N)CC1CC2(CC2)NC1=O)c1cccc(Cl)c1. The molecule has 3 amide bonds. The van der Waals surface area contributed by atoms with Crippen LogP contribution in [0.1, 0.15) is 83.6 Å². The lowest BCUT2D eigenvalue weighted by Crippen LogP contribution is -2.51. The molecule has 2 saturated carbocycles. The predicted octanol–water partition coefficient (Wildman–Crippen LogP) is 4.75. The van der Waals surface area contributed by atoms with Crippen LogP contribution in [0.4, 0.5) is 4.79 Å². The topological polar surface area (TPSA) is 120 Å². The zero-order valence-corrected chi connectivity index (χ0v) is 23.1. The Kier molecular flexibility index (Phi) is 8.87. The average molecular weight is 543 g/mol. The van der Waals surface area contributed by atoms with Crippen molar-refractivity contribution in [3.05, 3.63) is 34.9 Å². The summed E-state index contributed by atoms with van der Waals surface area (Å²) in [6.07, 6.45) is 8.16. The summed E-state index contributed by atoms with van der Waals surface area (Å²) in [5.41, 5.74) is 0.380. The first-order chi connectivity index (χ1) is 18.1. The van der Waals surface area contributed by atoms with Crippen LogP contribution in [0.25, 0.3) is 0 Å². The highest BCUT2D eigenvalue weighted by Crippen LogP contribution is 2.46. The molecule has 0 aromatic heterocycles. The molecule has 9 heteroatoms. The highest BCUT2D eigenvalue weighted by Gasteiger charge is 2.52. The van der Waals surface area contributed by atoms with E-state index in [2.05, 4.69) is 22.0 Å². The first-order valence-corrected chi connectivity index (χ1v) is 14.2. The molecule has 0 radical (unpaired) electrons. The Morgan fingerprint density at radius 3 is 2.58 bits per heavy atom. The lowest BCUT2D eigenvalue weighted by atomic mass is 9.84. The lowest BCUT2D eigenvalue weighted by molar-refractivity contribution is -0.125. The van der Waals surface area contributed by atoms with Gasteiger partial charge in [-0.05, 0) is 55.7 Å². The number of carbonyl (C=O) groups excluding carboxylic acids is 3. The van der Waals surface area contributed by atoms with Crippen LogP contribution in [0, 0.1) is 23.2 Å². The van der Waals surface area contributed by atoms with E-state index in [1.165, 1.54) is 6.42 Å². The van der Waals surface area contributed by atoms with Crippen LogP contribution >= 0.6 is 11.6 Å². The van der Waals surface area contributed by atoms with Gasteiger partial charge < -0.3 is 20.7 Å². The van der Waals surface area contributed by atoms with E-state index in [1.807, 2.05) is 32.0 Å². The summed E-state index contributed by atoms with van der Waals surface area (Å²) in [6.45, 7) is 4.03. The molecule has 1 heterocycles. The predicted molar refractivity (Wildman–Crippen MR) is 144 cm³/mol.